The lowest BCUT2D eigenvalue weighted by molar-refractivity contribution is 0.409. The summed E-state index contributed by atoms with van der Waals surface area (Å²) >= 11 is 5.77. The highest BCUT2D eigenvalue weighted by atomic mass is 35.5. The van der Waals surface area contributed by atoms with E-state index in [4.69, 9.17) is 27.8 Å². The molecule has 0 radical (unpaired) electrons. The van der Waals surface area contributed by atoms with Gasteiger partial charge in [-0.1, -0.05) is 11.6 Å². The molecule has 4 nitrogen and oxygen atoms in total. The van der Waals surface area contributed by atoms with Gasteiger partial charge in [-0.15, -0.1) is 0 Å². The van der Waals surface area contributed by atoms with Crippen molar-refractivity contribution in [3.8, 4) is 11.5 Å². The quantitative estimate of drug-likeness (QED) is 0.705. The first-order valence-electron chi connectivity index (χ1n) is 4.12. The van der Waals surface area contributed by atoms with Gasteiger partial charge in [-0.05, 0) is 6.07 Å². The summed E-state index contributed by atoms with van der Waals surface area (Å²) < 4.78 is 4.99. The summed E-state index contributed by atoms with van der Waals surface area (Å²) in [5, 5.41) is 9.81. The Morgan fingerprint density at radius 2 is 2.21 bits per heavy atom. The number of aromatic hydroxyl groups is 1. The monoisotopic (exact) mass is 216 g/mol. The van der Waals surface area contributed by atoms with Crippen LogP contribution in [-0.2, 0) is 0 Å². The van der Waals surface area contributed by atoms with Crippen LogP contribution in [0.5, 0.6) is 11.5 Å². The molecule has 0 spiro atoms. The van der Waals surface area contributed by atoms with E-state index in [1.807, 2.05) is 0 Å². The second-order valence-corrected chi connectivity index (χ2v) is 3.30. The third-order valence-corrected chi connectivity index (χ3v) is 2.24. The first kappa shape index (κ1) is 11.1. The van der Waals surface area contributed by atoms with Gasteiger partial charge in [0.15, 0.2) is 0 Å². The van der Waals surface area contributed by atoms with Crippen molar-refractivity contribution < 1.29 is 9.84 Å². The zero-order valence-electron chi connectivity index (χ0n) is 7.83. The molecular weight excluding hydrogens is 204 g/mol. The van der Waals surface area contributed by atoms with Crippen molar-refractivity contribution in [1.82, 2.24) is 0 Å². The highest BCUT2D eigenvalue weighted by Gasteiger charge is 2.14. The number of methoxy groups -OCH3 is 1. The van der Waals surface area contributed by atoms with Crippen LogP contribution in [0.3, 0.4) is 0 Å². The van der Waals surface area contributed by atoms with E-state index in [2.05, 4.69) is 0 Å². The molecule has 14 heavy (non-hydrogen) atoms. The molecule has 5 N–H and O–H groups in total. The average Bonchev–Trinajstić information content (AvgIpc) is 2.20. The van der Waals surface area contributed by atoms with E-state index in [1.165, 1.54) is 13.2 Å². The Balaban J connectivity index is 3.20. The minimum Gasteiger partial charge on any atom is -0.506 e. The molecule has 0 aliphatic heterocycles. The Morgan fingerprint density at radius 3 is 2.71 bits per heavy atom. The van der Waals surface area contributed by atoms with Crippen molar-refractivity contribution in [2.75, 3.05) is 13.7 Å². The molecule has 0 aromatic heterocycles. The summed E-state index contributed by atoms with van der Waals surface area (Å²) in [6.07, 6.45) is 0. The summed E-state index contributed by atoms with van der Waals surface area (Å²) in [5.74, 6) is 0.511. The molecule has 0 saturated heterocycles. The van der Waals surface area contributed by atoms with Gasteiger partial charge in [0, 0.05) is 24.2 Å². The standard InChI is InChI=1S/C9H13ClN2O2/c1-14-5-2-6(8(12)4-11)9(13)7(10)3-5/h2-3,8,13H,4,11-12H2,1H3. The summed E-state index contributed by atoms with van der Waals surface area (Å²) in [6.45, 7) is 0.233. The van der Waals surface area contributed by atoms with Gasteiger partial charge >= 0.3 is 0 Å². The number of phenols is 1. The molecule has 0 amide bonds. The summed E-state index contributed by atoms with van der Waals surface area (Å²) in [4.78, 5) is 0. The van der Waals surface area contributed by atoms with Gasteiger partial charge in [0.2, 0.25) is 0 Å². The minimum atomic E-state index is -0.442. The molecule has 1 aromatic carbocycles. The van der Waals surface area contributed by atoms with Crippen LogP contribution in [0.15, 0.2) is 12.1 Å². The van der Waals surface area contributed by atoms with Crippen molar-refractivity contribution in [2.45, 2.75) is 6.04 Å². The molecule has 5 heteroatoms. The lowest BCUT2D eigenvalue weighted by Crippen LogP contribution is -2.20. The van der Waals surface area contributed by atoms with Crippen LogP contribution in [0.1, 0.15) is 11.6 Å². The van der Waals surface area contributed by atoms with Crippen LogP contribution in [0.2, 0.25) is 5.02 Å². The van der Waals surface area contributed by atoms with Crippen LogP contribution in [0.4, 0.5) is 0 Å². The first-order chi connectivity index (χ1) is 6.60. The van der Waals surface area contributed by atoms with Crippen molar-refractivity contribution in [3.05, 3.63) is 22.7 Å². The predicted molar refractivity (Wildman–Crippen MR) is 55.7 cm³/mol. The summed E-state index contributed by atoms with van der Waals surface area (Å²) in [7, 11) is 1.51. The highest BCUT2D eigenvalue weighted by molar-refractivity contribution is 6.32. The molecule has 1 atom stereocenters. The molecule has 0 bridgehead atoms. The number of hydrogen-bond acceptors (Lipinski definition) is 4. The summed E-state index contributed by atoms with van der Waals surface area (Å²) in [5.41, 5.74) is 11.6. The maximum atomic E-state index is 9.60. The molecule has 1 aromatic rings. The normalized spacial score (nSPS) is 12.6. The fraction of sp³-hybridized carbons (Fsp3) is 0.333. The van der Waals surface area contributed by atoms with Crippen molar-refractivity contribution in [3.63, 3.8) is 0 Å². The number of benzene rings is 1. The highest BCUT2D eigenvalue weighted by Crippen LogP contribution is 2.34. The fourth-order valence-corrected chi connectivity index (χ4v) is 1.34. The largest absolute Gasteiger partial charge is 0.506 e. The van der Waals surface area contributed by atoms with Gasteiger partial charge in [0.05, 0.1) is 12.1 Å². The van der Waals surface area contributed by atoms with Crippen molar-refractivity contribution in [2.24, 2.45) is 11.5 Å². The Bertz CT molecular complexity index is 331. The number of hydrogen-bond donors (Lipinski definition) is 3. The Labute approximate surface area is 87.4 Å². The molecule has 1 unspecified atom stereocenters. The molecule has 0 saturated carbocycles. The van der Waals surface area contributed by atoms with Gasteiger partial charge in [0.25, 0.3) is 0 Å². The van der Waals surface area contributed by atoms with E-state index in [0.717, 1.165) is 0 Å². The topological polar surface area (TPSA) is 81.5 Å². The van der Waals surface area contributed by atoms with Crippen molar-refractivity contribution >= 4 is 11.6 Å². The molecule has 0 fully saturated rings. The molecule has 0 heterocycles. The van der Waals surface area contributed by atoms with Gasteiger partial charge in [-0.2, -0.15) is 0 Å². The van der Waals surface area contributed by atoms with Gasteiger partial charge in [0.1, 0.15) is 11.5 Å². The van der Waals surface area contributed by atoms with Gasteiger partial charge in [-0.3, -0.25) is 0 Å². The van der Waals surface area contributed by atoms with Gasteiger partial charge < -0.3 is 21.3 Å². The second kappa shape index (κ2) is 4.50. The molecule has 0 aliphatic rings. The number of phenolic OH excluding ortho intramolecular Hbond substituents is 1. The van der Waals surface area contributed by atoms with E-state index in [9.17, 15) is 5.11 Å². The van der Waals surface area contributed by atoms with Crippen LogP contribution < -0.4 is 16.2 Å². The molecule has 0 aliphatic carbocycles. The van der Waals surface area contributed by atoms with Gasteiger partial charge in [-0.25, -0.2) is 0 Å². The third-order valence-electron chi connectivity index (χ3n) is 1.96. The van der Waals surface area contributed by atoms with E-state index in [0.29, 0.717) is 11.3 Å². The minimum absolute atomic E-state index is 0.0367. The smallest absolute Gasteiger partial charge is 0.139 e. The Hall–Kier alpha value is -0.970. The number of nitrogens with two attached hydrogens (primary N) is 2. The van der Waals surface area contributed by atoms with E-state index >= 15 is 0 Å². The van der Waals surface area contributed by atoms with Crippen LogP contribution >= 0.6 is 11.6 Å². The lowest BCUT2D eigenvalue weighted by atomic mass is 10.1. The molecule has 78 valence electrons. The van der Waals surface area contributed by atoms with E-state index in [1.54, 1.807) is 6.07 Å². The Morgan fingerprint density at radius 1 is 1.57 bits per heavy atom. The lowest BCUT2D eigenvalue weighted by Gasteiger charge is -2.13. The van der Waals surface area contributed by atoms with E-state index in [-0.39, 0.29) is 17.3 Å². The SMILES string of the molecule is COc1cc(Cl)c(O)c(C(N)CN)c1. The average molecular weight is 217 g/mol. The molecular formula is C9H13ClN2O2. The maximum Gasteiger partial charge on any atom is 0.139 e. The summed E-state index contributed by atoms with van der Waals surface area (Å²) in [6, 6.07) is 2.70. The second-order valence-electron chi connectivity index (χ2n) is 2.89. The van der Waals surface area contributed by atoms with E-state index < -0.39 is 6.04 Å². The first-order valence-corrected chi connectivity index (χ1v) is 4.50. The predicted octanol–water partition coefficient (Wildman–Crippen LogP) is 1.01. The zero-order valence-corrected chi connectivity index (χ0v) is 8.58. The van der Waals surface area contributed by atoms with Crippen LogP contribution in [0.25, 0.3) is 0 Å². The fourth-order valence-electron chi connectivity index (χ4n) is 1.12. The Kier molecular flexibility index (Phi) is 3.57. The maximum absolute atomic E-state index is 9.60. The van der Waals surface area contributed by atoms with Crippen LogP contribution in [-0.4, -0.2) is 18.8 Å². The van der Waals surface area contributed by atoms with Crippen molar-refractivity contribution in [1.29, 1.82) is 0 Å². The number of rotatable bonds is 3. The van der Waals surface area contributed by atoms with Crippen LogP contribution in [0, 0.1) is 0 Å². The molecule has 1 rings (SSSR count). The third kappa shape index (κ3) is 2.09. The number of halogens is 1. The zero-order chi connectivity index (χ0) is 10.7. The number of ether oxygens (including phenoxy) is 1.